The second kappa shape index (κ2) is 4.32. The molecule has 0 aliphatic rings. The van der Waals surface area contributed by atoms with Crippen molar-refractivity contribution in [2.24, 2.45) is 0 Å². The number of nitrogens with zero attached hydrogens (tertiary/aromatic N) is 1. The summed E-state index contributed by atoms with van der Waals surface area (Å²) in [5.74, 6) is -1.09. The third kappa shape index (κ3) is 2.16. The van der Waals surface area contributed by atoms with Crippen molar-refractivity contribution in [2.45, 2.75) is 0 Å². The van der Waals surface area contributed by atoms with E-state index in [1.165, 1.54) is 0 Å². The SMILES string of the molecule is O=[N+]([O-])c1cc(OCF)cc(F)c1Br. The monoisotopic (exact) mass is 267 g/mol. The molecule has 0 saturated carbocycles. The number of nitro groups is 1. The van der Waals surface area contributed by atoms with E-state index in [2.05, 4.69) is 20.7 Å². The molecule has 1 rings (SSSR count). The molecule has 0 bridgehead atoms. The zero-order chi connectivity index (χ0) is 10.7. The molecular weight excluding hydrogens is 264 g/mol. The lowest BCUT2D eigenvalue weighted by molar-refractivity contribution is -0.385. The summed E-state index contributed by atoms with van der Waals surface area (Å²) in [5, 5.41) is 10.4. The molecule has 0 unspecified atom stereocenters. The molecule has 1 aromatic carbocycles. The highest BCUT2D eigenvalue weighted by Gasteiger charge is 2.18. The fraction of sp³-hybridized carbons (Fsp3) is 0.143. The number of nitro benzene ring substituents is 1. The van der Waals surface area contributed by atoms with Crippen LogP contribution in [0.25, 0.3) is 0 Å². The van der Waals surface area contributed by atoms with Crippen molar-refractivity contribution in [3.8, 4) is 5.75 Å². The molecule has 0 aromatic heterocycles. The van der Waals surface area contributed by atoms with Gasteiger partial charge in [-0.3, -0.25) is 10.1 Å². The zero-order valence-corrected chi connectivity index (χ0v) is 8.25. The standard InChI is InChI=1S/C7H4BrF2NO3/c8-7-5(10)1-4(14-3-9)2-6(7)11(12)13/h1-2H,3H2. The molecule has 14 heavy (non-hydrogen) atoms. The molecule has 4 nitrogen and oxygen atoms in total. The van der Waals surface area contributed by atoms with Crippen molar-refractivity contribution in [3.63, 3.8) is 0 Å². The molecule has 0 aliphatic heterocycles. The Morgan fingerprint density at radius 1 is 1.57 bits per heavy atom. The summed E-state index contributed by atoms with van der Waals surface area (Å²) in [6.45, 7) is -1.17. The number of benzene rings is 1. The third-order valence-electron chi connectivity index (χ3n) is 1.40. The maximum Gasteiger partial charge on any atom is 0.290 e. The highest BCUT2D eigenvalue weighted by atomic mass is 79.9. The van der Waals surface area contributed by atoms with Crippen LogP contribution < -0.4 is 4.74 Å². The van der Waals surface area contributed by atoms with Crippen LogP contribution in [0.5, 0.6) is 5.75 Å². The topological polar surface area (TPSA) is 52.4 Å². The quantitative estimate of drug-likeness (QED) is 0.625. The molecule has 0 atom stereocenters. The van der Waals surface area contributed by atoms with E-state index in [1.807, 2.05) is 0 Å². The molecule has 0 radical (unpaired) electrons. The van der Waals surface area contributed by atoms with Gasteiger partial charge in [0, 0.05) is 6.07 Å². The van der Waals surface area contributed by atoms with E-state index in [1.54, 1.807) is 0 Å². The molecule has 76 valence electrons. The summed E-state index contributed by atoms with van der Waals surface area (Å²) in [6.07, 6.45) is 0. The zero-order valence-electron chi connectivity index (χ0n) is 6.67. The predicted molar refractivity (Wildman–Crippen MR) is 47.4 cm³/mol. The number of hydrogen-bond acceptors (Lipinski definition) is 3. The number of rotatable bonds is 3. The van der Waals surface area contributed by atoms with Crippen molar-refractivity contribution in [1.82, 2.24) is 0 Å². The van der Waals surface area contributed by atoms with Crippen LogP contribution in [-0.4, -0.2) is 11.8 Å². The van der Waals surface area contributed by atoms with E-state index in [0.29, 0.717) is 0 Å². The van der Waals surface area contributed by atoms with Gasteiger partial charge in [0.05, 0.1) is 11.0 Å². The van der Waals surface area contributed by atoms with Crippen LogP contribution in [-0.2, 0) is 0 Å². The summed E-state index contributed by atoms with van der Waals surface area (Å²) < 4.78 is 28.7. The van der Waals surface area contributed by atoms with E-state index in [-0.39, 0.29) is 10.2 Å². The lowest BCUT2D eigenvalue weighted by Gasteiger charge is -2.02. The van der Waals surface area contributed by atoms with E-state index >= 15 is 0 Å². The Labute approximate surface area is 85.8 Å². The number of ether oxygens (including phenoxy) is 1. The normalized spacial score (nSPS) is 9.93. The minimum Gasteiger partial charge on any atom is -0.463 e. The fourth-order valence-corrected chi connectivity index (χ4v) is 1.20. The Balaban J connectivity index is 3.21. The van der Waals surface area contributed by atoms with Crippen molar-refractivity contribution < 1.29 is 18.4 Å². The van der Waals surface area contributed by atoms with Gasteiger partial charge in [-0.25, -0.2) is 8.78 Å². The molecule has 0 spiro atoms. The van der Waals surface area contributed by atoms with Gasteiger partial charge >= 0.3 is 0 Å². The number of hydrogen-bond donors (Lipinski definition) is 0. The smallest absolute Gasteiger partial charge is 0.290 e. The lowest BCUT2D eigenvalue weighted by atomic mass is 10.3. The van der Waals surface area contributed by atoms with E-state index in [0.717, 1.165) is 12.1 Å². The van der Waals surface area contributed by atoms with E-state index < -0.39 is 23.3 Å². The van der Waals surface area contributed by atoms with Gasteiger partial charge in [0.1, 0.15) is 16.0 Å². The Bertz CT molecular complexity index is 372. The minimum absolute atomic E-state index is 0.222. The van der Waals surface area contributed by atoms with Gasteiger partial charge in [0.25, 0.3) is 5.69 Å². The van der Waals surface area contributed by atoms with Gasteiger partial charge in [-0.1, -0.05) is 0 Å². The molecule has 1 aromatic rings. The van der Waals surface area contributed by atoms with Gasteiger partial charge in [-0.05, 0) is 15.9 Å². The Hall–Kier alpha value is -1.24. The van der Waals surface area contributed by atoms with Gasteiger partial charge in [-0.15, -0.1) is 0 Å². The third-order valence-corrected chi connectivity index (χ3v) is 2.19. The van der Waals surface area contributed by atoms with E-state index in [4.69, 9.17) is 0 Å². The number of halogens is 3. The van der Waals surface area contributed by atoms with Crippen LogP contribution in [0.1, 0.15) is 0 Å². The number of alkyl halides is 1. The molecule has 0 amide bonds. The van der Waals surface area contributed by atoms with Crippen molar-refractivity contribution in [1.29, 1.82) is 0 Å². The predicted octanol–water partition coefficient (Wildman–Crippen LogP) is 2.80. The lowest BCUT2D eigenvalue weighted by Crippen LogP contribution is -1.96. The first-order valence-electron chi connectivity index (χ1n) is 3.38. The molecule has 0 N–H and O–H groups in total. The maximum absolute atomic E-state index is 13.0. The van der Waals surface area contributed by atoms with Gasteiger partial charge in [0.2, 0.25) is 6.86 Å². The Kier molecular flexibility index (Phi) is 3.34. The van der Waals surface area contributed by atoms with Crippen LogP contribution in [0, 0.1) is 15.9 Å². The minimum atomic E-state index is -1.17. The molecular formula is C7H4BrF2NO3. The Morgan fingerprint density at radius 2 is 2.21 bits per heavy atom. The van der Waals surface area contributed by atoms with Crippen LogP contribution in [0.3, 0.4) is 0 Å². The largest absolute Gasteiger partial charge is 0.463 e. The molecule has 0 heterocycles. The van der Waals surface area contributed by atoms with E-state index in [9.17, 15) is 18.9 Å². The van der Waals surface area contributed by atoms with Crippen molar-refractivity contribution in [3.05, 3.63) is 32.5 Å². The van der Waals surface area contributed by atoms with Crippen LogP contribution in [0.15, 0.2) is 16.6 Å². The molecule has 0 fully saturated rings. The first kappa shape index (κ1) is 10.8. The summed E-state index contributed by atoms with van der Waals surface area (Å²) >= 11 is 2.70. The summed E-state index contributed by atoms with van der Waals surface area (Å²) in [7, 11) is 0. The summed E-state index contributed by atoms with van der Waals surface area (Å²) in [4.78, 5) is 9.60. The Morgan fingerprint density at radius 3 is 2.71 bits per heavy atom. The first-order chi connectivity index (χ1) is 6.56. The highest BCUT2D eigenvalue weighted by molar-refractivity contribution is 9.10. The van der Waals surface area contributed by atoms with Crippen LogP contribution in [0.2, 0.25) is 0 Å². The van der Waals surface area contributed by atoms with Crippen LogP contribution >= 0.6 is 15.9 Å². The fourth-order valence-electron chi connectivity index (χ4n) is 0.830. The second-order valence-corrected chi connectivity index (χ2v) is 3.04. The maximum atomic E-state index is 13.0. The van der Waals surface area contributed by atoms with Crippen LogP contribution in [0.4, 0.5) is 14.5 Å². The van der Waals surface area contributed by atoms with Crippen molar-refractivity contribution in [2.75, 3.05) is 6.86 Å². The summed E-state index contributed by atoms with van der Waals surface area (Å²) in [5.41, 5.74) is -0.506. The molecule has 0 saturated heterocycles. The molecule has 0 aliphatic carbocycles. The summed E-state index contributed by atoms with van der Waals surface area (Å²) in [6, 6.07) is 1.80. The van der Waals surface area contributed by atoms with Gasteiger partial charge in [0.15, 0.2) is 0 Å². The highest BCUT2D eigenvalue weighted by Crippen LogP contribution is 2.32. The molecule has 7 heteroatoms. The first-order valence-corrected chi connectivity index (χ1v) is 4.17. The van der Waals surface area contributed by atoms with Crippen molar-refractivity contribution >= 4 is 21.6 Å². The average molecular weight is 268 g/mol. The second-order valence-electron chi connectivity index (χ2n) is 2.25. The van der Waals surface area contributed by atoms with Gasteiger partial charge in [-0.2, -0.15) is 0 Å². The average Bonchev–Trinajstić information content (AvgIpc) is 2.11. The van der Waals surface area contributed by atoms with Gasteiger partial charge < -0.3 is 4.74 Å².